The third-order valence-electron chi connectivity index (χ3n) is 7.77. The van der Waals surface area contributed by atoms with Crippen molar-refractivity contribution in [2.24, 2.45) is 9.98 Å². The standard InChI is InChI=1S/C36H26N4O/c1-3-11-24(12-4-1)33-38-34(25-13-5-2-6-14-25)40-35(39-33)27-18-20-29-26(22-27)19-21-31-32(29)37-36(41-31)30-17-9-15-23-10-7-8-16-28(23)30/h1-22,33,36-37H,(H,38,39,40). The summed E-state index contributed by atoms with van der Waals surface area (Å²) in [6.45, 7) is 0. The molecule has 2 aliphatic heterocycles. The van der Waals surface area contributed by atoms with E-state index in [0.29, 0.717) is 0 Å². The molecule has 8 rings (SSSR count). The molecule has 0 saturated heterocycles. The van der Waals surface area contributed by atoms with E-state index in [4.69, 9.17) is 14.7 Å². The maximum Gasteiger partial charge on any atom is 0.197 e. The van der Waals surface area contributed by atoms with Crippen LogP contribution in [0.3, 0.4) is 0 Å². The Bertz CT molecular complexity index is 1980. The summed E-state index contributed by atoms with van der Waals surface area (Å²) in [5.74, 6) is 2.38. The quantitative estimate of drug-likeness (QED) is 0.243. The van der Waals surface area contributed by atoms with Gasteiger partial charge in [-0.25, -0.2) is 9.98 Å². The van der Waals surface area contributed by atoms with Crippen LogP contribution in [0.5, 0.6) is 5.75 Å². The summed E-state index contributed by atoms with van der Waals surface area (Å²) in [4.78, 5) is 9.93. The summed E-state index contributed by atoms with van der Waals surface area (Å²) >= 11 is 0. The molecule has 0 saturated carbocycles. The molecule has 2 atom stereocenters. The number of nitrogens with one attached hydrogen (secondary N) is 2. The van der Waals surface area contributed by atoms with E-state index in [-0.39, 0.29) is 12.4 Å². The van der Waals surface area contributed by atoms with E-state index in [2.05, 4.69) is 108 Å². The van der Waals surface area contributed by atoms with Gasteiger partial charge in [0.25, 0.3) is 0 Å². The molecule has 6 aromatic carbocycles. The van der Waals surface area contributed by atoms with E-state index in [1.807, 2.05) is 36.4 Å². The number of rotatable bonds is 4. The number of nitrogens with zero attached hydrogens (tertiary/aromatic N) is 2. The Hall–Kier alpha value is -5.42. The van der Waals surface area contributed by atoms with Gasteiger partial charge in [0.2, 0.25) is 0 Å². The second-order valence-electron chi connectivity index (χ2n) is 10.3. The molecule has 0 bridgehead atoms. The van der Waals surface area contributed by atoms with Crippen molar-refractivity contribution in [3.63, 3.8) is 0 Å². The number of aliphatic imine (C=N–C) groups is 2. The zero-order chi connectivity index (χ0) is 27.2. The summed E-state index contributed by atoms with van der Waals surface area (Å²) in [5, 5.41) is 11.8. The molecule has 0 spiro atoms. The Morgan fingerprint density at radius 3 is 2.24 bits per heavy atom. The molecule has 0 aromatic heterocycles. The van der Waals surface area contributed by atoms with Crippen molar-refractivity contribution < 1.29 is 4.74 Å². The lowest BCUT2D eigenvalue weighted by atomic mass is 10.0. The van der Waals surface area contributed by atoms with Crippen molar-refractivity contribution in [3.05, 3.63) is 156 Å². The van der Waals surface area contributed by atoms with Crippen LogP contribution < -0.4 is 15.4 Å². The van der Waals surface area contributed by atoms with Gasteiger partial charge in [-0.2, -0.15) is 0 Å². The van der Waals surface area contributed by atoms with Crippen molar-refractivity contribution in [1.29, 1.82) is 0 Å². The zero-order valence-corrected chi connectivity index (χ0v) is 22.2. The number of hydrogen-bond donors (Lipinski definition) is 2. The number of hydrogen-bond acceptors (Lipinski definition) is 5. The first-order valence-electron chi connectivity index (χ1n) is 13.8. The molecule has 2 aliphatic rings. The largest absolute Gasteiger partial charge is 0.464 e. The van der Waals surface area contributed by atoms with Gasteiger partial charge in [-0.05, 0) is 33.9 Å². The van der Waals surface area contributed by atoms with Crippen molar-refractivity contribution in [2.75, 3.05) is 5.32 Å². The van der Waals surface area contributed by atoms with Gasteiger partial charge in [-0.3, -0.25) is 0 Å². The molecule has 0 radical (unpaired) electrons. The molecule has 196 valence electrons. The van der Waals surface area contributed by atoms with E-state index >= 15 is 0 Å². The Labute approximate surface area is 237 Å². The highest BCUT2D eigenvalue weighted by atomic mass is 16.5. The molecule has 2 N–H and O–H groups in total. The van der Waals surface area contributed by atoms with Crippen LogP contribution >= 0.6 is 0 Å². The van der Waals surface area contributed by atoms with Crippen LogP contribution in [-0.2, 0) is 0 Å². The number of anilines is 1. The van der Waals surface area contributed by atoms with E-state index in [1.54, 1.807) is 0 Å². The molecule has 0 fully saturated rings. The molecule has 6 aromatic rings. The number of fused-ring (bicyclic) bond motifs is 4. The van der Waals surface area contributed by atoms with E-state index < -0.39 is 0 Å². The Balaban J connectivity index is 1.16. The highest BCUT2D eigenvalue weighted by Gasteiger charge is 2.27. The smallest absolute Gasteiger partial charge is 0.197 e. The van der Waals surface area contributed by atoms with Crippen LogP contribution in [0.15, 0.2) is 143 Å². The van der Waals surface area contributed by atoms with Gasteiger partial charge in [0, 0.05) is 22.1 Å². The first kappa shape index (κ1) is 23.5. The van der Waals surface area contributed by atoms with Gasteiger partial charge >= 0.3 is 0 Å². The first-order valence-corrected chi connectivity index (χ1v) is 13.8. The lowest BCUT2D eigenvalue weighted by molar-refractivity contribution is 0.261. The van der Waals surface area contributed by atoms with Gasteiger partial charge in [0.05, 0.1) is 5.69 Å². The maximum atomic E-state index is 6.42. The van der Waals surface area contributed by atoms with Gasteiger partial charge < -0.3 is 15.4 Å². The fourth-order valence-electron chi connectivity index (χ4n) is 5.73. The number of ether oxygens (including phenoxy) is 1. The second kappa shape index (κ2) is 9.65. The average Bonchev–Trinajstić information content (AvgIpc) is 3.50. The third kappa shape index (κ3) is 4.19. The van der Waals surface area contributed by atoms with Crippen molar-refractivity contribution in [3.8, 4) is 5.75 Å². The summed E-state index contributed by atoms with van der Waals surface area (Å²) in [6, 6.07) is 45.8. The minimum Gasteiger partial charge on any atom is -0.464 e. The molecule has 5 nitrogen and oxygen atoms in total. The van der Waals surface area contributed by atoms with Gasteiger partial charge in [-0.1, -0.05) is 121 Å². The topological polar surface area (TPSA) is 58.0 Å². The number of amidine groups is 2. The maximum absolute atomic E-state index is 6.42. The lowest BCUT2D eigenvalue weighted by Crippen LogP contribution is -2.33. The minimum atomic E-state index is -0.248. The van der Waals surface area contributed by atoms with E-state index in [1.165, 1.54) is 10.8 Å². The monoisotopic (exact) mass is 530 g/mol. The minimum absolute atomic E-state index is 0.230. The van der Waals surface area contributed by atoms with Gasteiger partial charge in [-0.15, -0.1) is 0 Å². The zero-order valence-electron chi connectivity index (χ0n) is 22.2. The second-order valence-corrected chi connectivity index (χ2v) is 10.3. The molecular formula is C36H26N4O. The van der Waals surface area contributed by atoms with Crippen molar-refractivity contribution in [2.45, 2.75) is 12.4 Å². The molecule has 0 aliphatic carbocycles. The lowest BCUT2D eigenvalue weighted by Gasteiger charge is -2.24. The normalized spacial score (nSPS) is 17.7. The summed E-state index contributed by atoms with van der Waals surface area (Å²) in [7, 11) is 0. The van der Waals surface area contributed by atoms with Crippen LogP contribution in [0.25, 0.3) is 21.5 Å². The van der Waals surface area contributed by atoms with Crippen LogP contribution in [0.2, 0.25) is 0 Å². The average molecular weight is 531 g/mol. The molecule has 2 heterocycles. The first-order chi connectivity index (χ1) is 20.3. The Morgan fingerprint density at radius 1 is 0.585 bits per heavy atom. The fourth-order valence-corrected chi connectivity index (χ4v) is 5.73. The predicted molar refractivity (Wildman–Crippen MR) is 167 cm³/mol. The fraction of sp³-hybridized carbons (Fsp3) is 0.0556. The van der Waals surface area contributed by atoms with Gasteiger partial charge in [0.15, 0.2) is 12.1 Å². The third-order valence-corrected chi connectivity index (χ3v) is 7.77. The highest BCUT2D eigenvalue weighted by Crippen LogP contribution is 2.44. The van der Waals surface area contributed by atoms with Crippen LogP contribution in [0, 0.1) is 0 Å². The van der Waals surface area contributed by atoms with Crippen molar-refractivity contribution in [1.82, 2.24) is 5.32 Å². The van der Waals surface area contributed by atoms with Gasteiger partial charge in [0.1, 0.15) is 17.8 Å². The molecule has 41 heavy (non-hydrogen) atoms. The summed E-state index contributed by atoms with van der Waals surface area (Å²) in [6.07, 6.45) is -0.479. The molecule has 0 amide bonds. The van der Waals surface area contributed by atoms with E-state index in [9.17, 15) is 0 Å². The summed E-state index contributed by atoms with van der Waals surface area (Å²) < 4.78 is 6.42. The van der Waals surface area contributed by atoms with Crippen molar-refractivity contribution >= 4 is 38.9 Å². The molecule has 2 unspecified atom stereocenters. The molecular weight excluding hydrogens is 504 g/mol. The Morgan fingerprint density at radius 2 is 1.37 bits per heavy atom. The van der Waals surface area contributed by atoms with E-state index in [0.717, 1.165) is 56.1 Å². The predicted octanol–water partition coefficient (Wildman–Crippen LogP) is 7.99. The van der Waals surface area contributed by atoms with Crippen LogP contribution in [-0.4, -0.2) is 11.7 Å². The highest BCUT2D eigenvalue weighted by molar-refractivity contribution is 6.14. The van der Waals surface area contributed by atoms with Crippen LogP contribution in [0.4, 0.5) is 5.69 Å². The number of benzene rings is 6. The SMILES string of the molecule is c1ccc(C2=NC(c3ccccc3)NC(c3ccc4c5c(ccc4c3)OC(c3cccc4ccccc34)N5)=N2)cc1. The summed E-state index contributed by atoms with van der Waals surface area (Å²) in [5.41, 5.74) is 5.23. The molecule has 5 heteroatoms. The Kier molecular flexibility index (Phi) is 5.52. The van der Waals surface area contributed by atoms with Crippen LogP contribution in [0.1, 0.15) is 34.6 Å².